The molecule has 5 nitrogen and oxygen atoms in total. The van der Waals surface area contributed by atoms with Crippen molar-refractivity contribution in [1.82, 2.24) is 5.32 Å². The van der Waals surface area contributed by atoms with Crippen LogP contribution in [0.3, 0.4) is 0 Å². The van der Waals surface area contributed by atoms with Crippen LogP contribution in [0.4, 0.5) is 4.39 Å². The summed E-state index contributed by atoms with van der Waals surface area (Å²) in [6.07, 6.45) is 0. The molecule has 0 bridgehead atoms. The van der Waals surface area contributed by atoms with Crippen LogP contribution < -0.4 is 10.1 Å². The number of carbonyl (C=O) groups excluding carboxylic acids is 1. The van der Waals surface area contributed by atoms with Crippen LogP contribution in [0.25, 0.3) is 0 Å². The summed E-state index contributed by atoms with van der Waals surface area (Å²) in [7, 11) is 1.55. The van der Waals surface area contributed by atoms with Crippen LogP contribution in [0.2, 0.25) is 0 Å². The number of methoxy groups -OCH3 is 1. The van der Waals surface area contributed by atoms with Gasteiger partial charge in [-0.3, -0.25) is 4.79 Å². The Hall–Kier alpha value is -2.89. The maximum atomic E-state index is 13.1. The van der Waals surface area contributed by atoms with Gasteiger partial charge in [-0.05, 0) is 61.7 Å². The first-order valence-electron chi connectivity index (χ1n) is 7.66. The monoisotopic (exact) mass is 345 g/mol. The number of carbonyl (C=O) groups is 2. The van der Waals surface area contributed by atoms with E-state index in [2.05, 4.69) is 5.32 Å². The molecule has 1 unspecified atom stereocenters. The number of ether oxygens (including phenoxy) is 1. The summed E-state index contributed by atoms with van der Waals surface area (Å²) in [5, 5.41) is 12.1. The van der Waals surface area contributed by atoms with Gasteiger partial charge in [-0.25, -0.2) is 9.18 Å². The predicted molar refractivity (Wildman–Crippen MR) is 91.3 cm³/mol. The molecule has 0 aromatic heterocycles. The zero-order valence-electron chi connectivity index (χ0n) is 14.5. The summed E-state index contributed by atoms with van der Waals surface area (Å²) in [5.41, 5.74) is 0.451. The molecule has 0 heterocycles. The number of halogens is 1. The molecule has 1 amide bonds. The van der Waals surface area contributed by atoms with Crippen LogP contribution in [0.1, 0.15) is 34.0 Å². The zero-order chi connectivity index (χ0) is 18.8. The second kappa shape index (κ2) is 6.93. The number of rotatable bonds is 5. The number of hydrogen-bond donors (Lipinski definition) is 2. The second-order valence-electron chi connectivity index (χ2n) is 6.03. The molecule has 1 atom stereocenters. The number of aliphatic carboxylic acids is 1. The number of amides is 1. The number of benzene rings is 2. The van der Waals surface area contributed by atoms with E-state index in [-0.39, 0.29) is 5.56 Å². The molecule has 6 heteroatoms. The lowest BCUT2D eigenvalue weighted by Crippen LogP contribution is -2.49. The average Bonchev–Trinajstić information content (AvgIpc) is 2.54. The van der Waals surface area contributed by atoms with Crippen LogP contribution in [0.5, 0.6) is 5.75 Å². The van der Waals surface area contributed by atoms with E-state index in [9.17, 15) is 19.1 Å². The molecule has 2 aromatic carbocycles. The van der Waals surface area contributed by atoms with Gasteiger partial charge in [-0.15, -0.1) is 0 Å². The van der Waals surface area contributed by atoms with Gasteiger partial charge < -0.3 is 15.2 Å². The molecule has 0 radical (unpaired) electrons. The lowest BCUT2D eigenvalue weighted by atomic mass is 9.91. The van der Waals surface area contributed by atoms with Crippen LogP contribution in [-0.4, -0.2) is 24.1 Å². The molecule has 132 valence electrons. The molecule has 2 rings (SSSR count). The van der Waals surface area contributed by atoms with E-state index >= 15 is 0 Å². The van der Waals surface area contributed by atoms with Crippen molar-refractivity contribution in [2.75, 3.05) is 7.11 Å². The van der Waals surface area contributed by atoms with Crippen molar-refractivity contribution < 1.29 is 23.8 Å². The van der Waals surface area contributed by atoms with Gasteiger partial charge in [0.15, 0.2) is 5.54 Å². The average molecular weight is 345 g/mol. The highest BCUT2D eigenvalue weighted by Crippen LogP contribution is 2.26. The summed E-state index contributed by atoms with van der Waals surface area (Å²) < 4.78 is 18.4. The Balaban J connectivity index is 2.39. The highest BCUT2D eigenvalue weighted by atomic mass is 19.1. The van der Waals surface area contributed by atoms with Crippen molar-refractivity contribution in [3.63, 3.8) is 0 Å². The number of carboxylic acid groups (broad SMARTS) is 1. The fraction of sp³-hybridized carbons (Fsp3) is 0.263. The zero-order valence-corrected chi connectivity index (χ0v) is 14.5. The summed E-state index contributed by atoms with van der Waals surface area (Å²) in [5.74, 6) is -1.59. The van der Waals surface area contributed by atoms with Gasteiger partial charge in [0.1, 0.15) is 11.6 Å². The number of aryl methyl sites for hydroxylation is 2. The maximum Gasteiger partial charge on any atom is 0.333 e. The first kappa shape index (κ1) is 18.4. The van der Waals surface area contributed by atoms with Crippen LogP contribution in [0.15, 0.2) is 36.4 Å². The second-order valence-corrected chi connectivity index (χ2v) is 6.03. The van der Waals surface area contributed by atoms with Gasteiger partial charge in [-0.2, -0.15) is 0 Å². The lowest BCUT2D eigenvalue weighted by molar-refractivity contribution is -0.144. The summed E-state index contributed by atoms with van der Waals surface area (Å²) in [6, 6.07) is 8.26. The first-order chi connectivity index (χ1) is 11.7. The third-order valence-corrected chi connectivity index (χ3v) is 4.14. The Labute approximate surface area is 145 Å². The standard InChI is InChI=1S/C19H20FNO4/c1-11-9-13(10-12(2)16(11)25-4)17(22)21-19(3,18(23)24)14-5-7-15(20)8-6-14/h5-10H,1-4H3,(H,21,22)(H,23,24). The molecule has 0 saturated carbocycles. The van der Waals surface area contributed by atoms with Gasteiger partial charge in [0.2, 0.25) is 0 Å². The van der Waals surface area contributed by atoms with E-state index in [1.165, 1.54) is 19.1 Å². The Morgan fingerprint density at radius 1 is 1.12 bits per heavy atom. The van der Waals surface area contributed by atoms with Crippen LogP contribution in [-0.2, 0) is 10.3 Å². The highest BCUT2D eigenvalue weighted by Gasteiger charge is 2.37. The van der Waals surface area contributed by atoms with Crippen molar-refractivity contribution in [3.8, 4) is 5.75 Å². The topological polar surface area (TPSA) is 75.6 Å². The van der Waals surface area contributed by atoms with E-state index in [4.69, 9.17) is 4.74 Å². The van der Waals surface area contributed by atoms with Crippen molar-refractivity contribution in [1.29, 1.82) is 0 Å². The van der Waals surface area contributed by atoms with Crippen molar-refractivity contribution >= 4 is 11.9 Å². The molecular formula is C19H20FNO4. The van der Waals surface area contributed by atoms with E-state index in [0.717, 1.165) is 23.3 Å². The van der Waals surface area contributed by atoms with Crippen molar-refractivity contribution in [3.05, 3.63) is 64.5 Å². The summed E-state index contributed by atoms with van der Waals surface area (Å²) in [6.45, 7) is 4.97. The molecule has 0 fully saturated rings. The van der Waals surface area contributed by atoms with Gasteiger partial charge in [0, 0.05) is 5.56 Å². The SMILES string of the molecule is COc1c(C)cc(C(=O)NC(C)(C(=O)O)c2ccc(F)cc2)cc1C. The fourth-order valence-corrected chi connectivity index (χ4v) is 2.73. The number of nitrogens with one attached hydrogen (secondary N) is 1. The minimum atomic E-state index is -1.69. The predicted octanol–water partition coefficient (Wildman–Crippen LogP) is 3.18. The maximum absolute atomic E-state index is 13.1. The Kier molecular flexibility index (Phi) is 5.11. The molecule has 0 spiro atoms. The normalized spacial score (nSPS) is 13.0. The Morgan fingerprint density at radius 3 is 2.08 bits per heavy atom. The molecule has 0 saturated heterocycles. The molecule has 2 aromatic rings. The van der Waals surface area contributed by atoms with Gasteiger partial charge in [-0.1, -0.05) is 12.1 Å². The smallest absolute Gasteiger partial charge is 0.333 e. The van der Waals surface area contributed by atoms with Crippen LogP contribution >= 0.6 is 0 Å². The largest absolute Gasteiger partial charge is 0.496 e. The summed E-state index contributed by atoms with van der Waals surface area (Å²) in [4.78, 5) is 24.4. The molecule has 2 N–H and O–H groups in total. The van der Waals surface area contributed by atoms with E-state index in [1.807, 2.05) is 0 Å². The highest BCUT2D eigenvalue weighted by molar-refractivity contribution is 5.98. The van der Waals surface area contributed by atoms with E-state index in [0.29, 0.717) is 11.3 Å². The van der Waals surface area contributed by atoms with Gasteiger partial charge in [0.05, 0.1) is 7.11 Å². The number of hydrogen-bond acceptors (Lipinski definition) is 3. The minimum absolute atomic E-state index is 0.275. The van der Waals surface area contributed by atoms with Crippen molar-refractivity contribution in [2.45, 2.75) is 26.3 Å². The van der Waals surface area contributed by atoms with Gasteiger partial charge in [0.25, 0.3) is 5.91 Å². The molecule has 0 aliphatic rings. The van der Waals surface area contributed by atoms with Crippen molar-refractivity contribution in [2.24, 2.45) is 0 Å². The first-order valence-corrected chi connectivity index (χ1v) is 7.66. The molecule has 0 aliphatic heterocycles. The minimum Gasteiger partial charge on any atom is -0.496 e. The van der Waals surface area contributed by atoms with Gasteiger partial charge >= 0.3 is 5.97 Å². The molecular weight excluding hydrogens is 325 g/mol. The van der Waals surface area contributed by atoms with Crippen LogP contribution in [0, 0.1) is 19.7 Å². The Morgan fingerprint density at radius 2 is 1.64 bits per heavy atom. The fourth-order valence-electron chi connectivity index (χ4n) is 2.73. The Bertz CT molecular complexity index is 794. The van der Waals surface area contributed by atoms with E-state index < -0.39 is 23.2 Å². The molecule has 25 heavy (non-hydrogen) atoms. The quantitative estimate of drug-likeness (QED) is 0.873. The lowest BCUT2D eigenvalue weighted by Gasteiger charge is -2.27. The summed E-state index contributed by atoms with van der Waals surface area (Å²) >= 11 is 0. The third kappa shape index (κ3) is 3.63. The number of carboxylic acids is 1. The molecule has 0 aliphatic carbocycles. The van der Waals surface area contributed by atoms with E-state index in [1.54, 1.807) is 33.1 Å². The third-order valence-electron chi connectivity index (χ3n) is 4.14.